The Balaban J connectivity index is 1.95. The molecule has 1 unspecified atom stereocenters. The van der Waals surface area contributed by atoms with Gasteiger partial charge in [0.25, 0.3) is 5.91 Å². The highest BCUT2D eigenvalue weighted by atomic mass is 79.9. The summed E-state index contributed by atoms with van der Waals surface area (Å²) < 4.78 is 20.3. The molecule has 0 spiro atoms. The first-order valence-corrected chi connectivity index (χ1v) is 9.02. The summed E-state index contributed by atoms with van der Waals surface area (Å²) in [6.45, 7) is 3.46. The van der Waals surface area contributed by atoms with Gasteiger partial charge in [0.1, 0.15) is 22.8 Å². The highest BCUT2D eigenvalue weighted by Crippen LogP contribution is 2.33. The van der Waals surface area contributed by atoms with E-state index in [9.17, 15) is 9.18 Å². The van der Waals surface area contributed by atoms with Crippen LogP contribution in [0.4, 0.5) is 4.39 Å². The number of hydrogen-bond donors (Lipinski definition) is 1. The van der Waals surface area contributed by atoms with Crippen LogP contribution in [0.1, 0.15) is 34.6 Å². The highest BCUT2D eigenvalue weighted by Gasteiger charge is 2.26. The van der Waals surface area contributed by atoms with Crippen LogP contribution in [-0.4, -0.2) is 11.1 Å². The zero-order valence-corrected chi connectivity index (χ0v) is 16.4. The molecule has 2 aromatic carbocycles. The van der Waals surface area contributed by atoms with E-state index in [1.165, 1.54) is 18.2 Å². The third-order valence-corrected chi connectivity index (χ3v) is 4.79. The maximum Gasteiger partial charge on any atom is 0.257 e. The molecule has 7 heteroatoms. The van der Waals surface area contributed by atoms with Crippen molar-refractivity contribution in [3.8, 4) is 11.3 Å². The van der Waals surface area contributed by atoms with E-state index in [2.05, 4.69) is 26.4 Å². The lowest BCUT2D eigenvalue weighted by Gasteiger charge is -2.15. The fourth-order valence-corrected chi connectivity index (χ4v) is 3.33. The molecule has 4 nitrogen and oxygen atoms in total. The van der Waals surface area contributed by atoms with Crippen molar-refractivity contribution in [2.45, 2.75) is 19.9 Å². The monoisotopic (exact) mass is 436 g/mol. The van der Waals surface area contributed by atoms with Crippen molar-refractivity contribution in [3.63, 3.8) is 0 Å². The van der Waals surface area contributed by atoms with E-state index in [1.807, 2.05) is 31.2 Å². The average Bonchev–Trinajstić information content (AvgIpc) is 2.96. The largest absolute Gasteiger partial charge is 0.360 e. The van der Waals surface area contributed by atoms with Crippen molar-refractivity contribution < 1.29 is 13.7 Å². The van der Waals surface area contributed by atoms with Crippen LogP contribution in [-0.2, 0) is 0 Å². The summed E-state index contributed by atoms with van der Waals surface area (Å²) in [4.78, 5) is 12.8. The summed E-state index contributed by atoms with van der Waals surface area (Å²) in [6, 6.07) is 11.6. The fraction of sp³-hybridized carbons (Fsp3) is 0.158. The maximum absolute atomic E-state index is 14.3. The van der Waals surface area contributed by atoms with Gasteiger partial charge in [-0.3, -0.25) is 4.79 Å². The smallest absolute Gasteiger partial charge is 0.257 e. The summed E-state index contributed by atoms with van der Waals surface area (Å²) in [6.07, 6.45) is 0. The topological polar surface area (TPSA) is 55.1 Å². The van der Waals surface area contributed by atoms with Gasteiger partial charge in [0.2, 0.25) is 0 Å². The summed E-state index contributed by atoms with van der Waals surface area (Å²) in [5.41, 5.74) is 1.22. The average molecular weight is 438 g/mol. The van der Waals surface area contributed by atoms with Crippen LogP contribution in [0.25, 0.3) is 11.3 Å². The van der Waals surface area contributed by atoms with Crippen LogP contribution >= 0.6 is 27.5 Å². The minimum atomic E-state index is -0.570. The van der Waals surface area contributed by atoms with Crippen LogP contribution in [0.15, 0.2) is 51.5 Å². The second-order valence-electron chi connectivity index (χ2n) is 5.81. The molecule has 0 aliphatic rings. The molecule has 3 rings (SSSR count). The molecule has 1 heterocycles. The van der Waals surface area contributed by atoms with Crippen LogP contribution in [0.2, 0.25) is 5.02 Å². The molecule has 0 bridgehead atoms. The Kier molecular flexibility index (Phi) is 5.44. The van der Waals surface area contributed by atoms with Gasteiger partial charge in [-0.1, -0.05) is 50.9 Å². The third kappa shape index (κ3) is 3.66. The van der Waals surface area contributed by atoms with Gasteiger partial charge in [-0.2, -0.15) is 0 Å². The van der Waals surface area contributed by atoms with E-state index in [4.69, 9.17) is 16.1 Å². The molecule has 26 heavy (non-hydrogen) atoms. The summed E-state index contributed by atoms with van der Waals surface area (Å²) in [5.74, 6) is -0.691. The molecule has 1 N–H and O–H groups in total. The van der Waals surface area contributed by atoms with E-state index in [1.54, 1.807) is 6.92 Å². The molecule has 1 atom stereocenters. The van der Waals surface area contributed by atoms with Gasteiger partial charge >= 0.3 is 0 Å². The van der Waals surface area contributed by atoms with Gasteiger partial charge in [0.15, 0.2) is 0 Å². The number of rotatable bonds is 4. The number of carbonyl (C=O) groups excluding carboxylic acids is 1. The number of halogens is 3. The van der Waals surface area contributed by atoms with Gasteiger partial charge < -0.3 is 9.84 Å². The number of amides is 1. The van der Waals surface area contributed by atoms with Gasteiger partial charge in [-0.25, -0.2) is 4.39 Å². The molecule has 134 valence electrons. The van der Waals surface area contributed by atoms with Crippen LogP contribution in [0.5, 0.6) is 0 Å². The molecule has 1 aromatic heterocycles. The third-order valence-electron chi connectivity index (χ3n) is 3.99. The van der Waals surface area contributed by atoms with E-state index >= 15 is 0 Å². The number of benzene rings is 2. The predicted octanol–water partition coefficient (Wildman–Crippen LogP) is 5.70. The zero-order valence-electron chi connectivity index (χ0n) is 14.0. The summed E-state index contributed by atoms with van der Waals surface area (Å²) in [7, 11) is 0. The van der Waals surface area contributed by atoms with E-state index in [0.717, 1.165) is 10.0 Å². The lowest BCUT2D eigenvalue weighted by Crippen LogP contribution is -2.27. The minimum Gasteiger partial charge on any atom is -0.360 e. The standard InChI is InChI=1S/C19H15BrClFN2O2/c1-10(12-5-3-6-13(20)9-12)23-19(25)16-11(2)26-24-18(16)17-14(21)7-4-8-15(17)22/h3-10H,1-2H3,(H,23,25). The van der Waals surface area contributed by atoms with Gasteiger partial charge in [0, 0.05) is 4.47 Å². The Morgan fingerprint density at radius 3 is 2.73 bits per heavy atom. The van der Waals surface area contributed by atoms with Crippen molar-refractivity contribution >= 4 is 33.4 Å². The first kappa shape index (κ1) is 18.6. The van der Waals surface area contributed by atoms with Crippen LogP contribution in [0.3, 0.4) is 0 Å². The Hall–Kier alpha value is -2.18. The molecule has 1 amide bonds. The molecule has 0 saturated carbocycles. The first-order chi connectivity index (χ1) is 12.4. The van der Waals surface area contributed by atoms with Crippen molar-refractivity contribution in [2.75, 3.05) is 0 Å². The molecule has 0 aliphatic carbocycles. The lowest BCUT2D eigenvalue weighted by atomic mass is 10.0. The molecular weight excluding hydrogens is 423 g/mol. The van der Waals surface area contributed by atoms with Crippen LogP contribution < -0.4 is 5.32 Å². The summed E-state index contributed by atoms with van der Waals surface area (Å²) in [5, 5.41) is 6.91. The van der Waals surface area contributed by atoms with Gasteiger partial charge in [-0.15, -0.1) is 0 Å². The maximum atomic E-state index is 14.3. The molecule has 3 aromatic rings. The van der Waals surface area contributed by atoms with Crippen molar-refractivity contribution in [1.82, 2.24) is 10.5 Å². The Morgan fingerprint density at radius 1 is 1.31 bits per heavy atom. The molecule has 0 fully saturated rings. The zero-order chi connectivity index (χ0) is 18.8. The van der Waals surface area contributed by atoms with Crippen molar-refractivity contribution in [3.05, 3.63) is 74.7 Å². The molecular formula is C19H15BrClFN2O2. The van der Waals surface area contributed by atoms with E-state index in [-0.39, 0.29) is 27.9 Å². The van der Waals surface area contributed by atoms with Gasteiger partial charge in [-0.05, 0) is 43.7 Å². The van der Waals surface area contributed by atoms with Gasteiger partial charge in [0.05, 0.1) is 16.6 Å². The molecule has 0 saturated heterocycles. The number of hydrogen-bond acceptors (Lipinski definition) is 3. The SMILES string of the molecule is Cc1onc(-c2c(F)cccc2Cl)c1C(=O)NC(C)c1cccc(Br)c1. The first-order valence-electron chi connectivity index (χ1n) is 7.85. The lowest BCUT2D eigenvalue weighted by molar-refractivity contribution is 0.0939. The number of nitrogens with zero attached hydrogens (tertiary/aromatic N) is 1. The second-order valence-corrected chi connectivity index (χ2v) is 7.13. The normalized spacial score (nSPS) is 12.0. The van der Waals surface area contributed by atoms with Crippen LogP contribution in [0, 0.1) is 12.7 Å². The second kappa shape index (κ2) is 7.60. The predicted molar refractivity (Wildman–Crippen MR) is 102 cm³/mol. The Bertz CT molecular complexity index is 954. The molecule has 0 aliphatic heterocycles. The molecule has 0 radical (unpaired) electrons. The number of nitrogens with one attached hydrogen (secondary N) is 1. The van der Waals surface area contributed by atoms with E-state index < -0.39 is 11.7 Å². The number of aromatic nitrogens is 1. The number of carbonyl (C=O) groups is 1. The summed E-state index contributed by atoms with van der Waals surface area (Å²) >= 11 is 9.52. The van der Waals surface area contributed by atoms with Crippen molar-refractivity contribution in [1.29, 1.82) is 0 Å². The Morgan fingerprint density at radius 2 is 2.04 bits per heavy atom. The fourth-order valence-electron chi connectivity index (χ4n) is 2.66. The quantitative estimate of drug-likeness (QED) is 0.570. The Labute approximate surface area is 163 Å². The van der Waals surface area contributed by atoms with E-state index in [0.29, 0.717) is 5.76 Å². The highest BCUT2D eigenvalue weighted by molar-refractivity contribution is 9.10. The minimum absolute atomic E-state index is 0.0475. The number of aryl methyl sites for hydroxylation is 1. The van der Waals surface area contributed by atoms with Crippen molar-refractivity contribution in [2.24, 2.45) is 0 Å².